The lowest BCUT2D eigenvalue weighted by atomic mass is 9.95. The molecule has 9 heteroatoms. The van der Waals surface area contributed by atoms with E-state index >= 15 is 0 Å². The van der Waals surface area contributed by atoms with Gasteiger partial charge in [-0.3, -0.25) is 4.79 Å². The molecule has 144 valence electrons. The summed E-state index contributed by atoms with van der Waals surface area (Å²) in [4.78, 5) is 26.7. The van der Waals surface area contributed by atoms with Crippen LogP contribution in [0, 0.1) is 6.92 Å². The molecule has 26 heavy (non-hydrogen) atoms. The summed E-state index contributed by atoms with van der Waals surface area (Å²) >= 11 is 0. The molecule has 2 aliphatic rings. The number of nitrogens with two attached hydrogens (primary N) is 1. The lowest BCUT2D eigenvalue weighted by Crippen LogP contribution is -2.45. The van der Waals surface area contributed by atoms with Crippen molar-refractivity contribution >= 4 is 15.9 Å². The molecule has 3 rings (SSSR count). The van der Waals surface area contributed by atoms with E-state index < -0.39 is 26.8 Å². The number of primary sulfonamides is 1. The van der Waals surface area contributed by atoms with Crippen LogP contribution in [0.25, 0.3) is 0 Å². The van der Waals surface area contributed by atoms with E-state index in [9.17, 15) is 18.0 Å². The minimum absolute atomic E-state index is 0.0230. The Kier molecular flexibility index (Phi) is 5.50. The van der Waals surface area contributed by atoms with E-state index in [0.29, 0.717) is 24.5 Å². The quantitative estimate of drug-likeness (QED) is 0.820. The van der Waals surface area contributed by atoms with Gasteiger partial charge in [0.25, 0.3) is 5.91 Å². The molecule has 0 radical (unpaired) electrons. The standard InChI is InChI=1S/C17H24N2O6S/c1-11-10-14(12-4-8-24-9-5-12)25-17(21)15(11)16(20)19-6-2-13(3-7-19)26(18,22)23/h10,12-13H,2-9H2,1H3,(H2,18,22,23). The molecule has 0 atom stereocenters. The predicted octanol–water partition coefficient (Wildman–Crippen LogP) is 0.735. The zero-order valence-corrected chi connectivity index (χ0v) is 15.6. The van der Waals surface area contributed by atoms with Crippen LogP contribution in [0.15, 0.2) is 15.3 Å². The molecule has 1 aromatic rings. The van der Waals surface area contributed by atoms with Crippen molar-refractivity contribution in [1.29, 1.82) is 0 Å². The van der Waals surface area contributed by atoms with Gasteiger partial charge in [0.2, 0.25) is 10.0 Å². The lowest BCUT2D eigenvalue weighted by Gasteiger charge is -2.31. The number of likely N-dealkylation sites (tertiary alicyclic amines) is 1. The molecule has 2 N–H and O–H groups in total. The molecule has 1 amide bonds. The van der Waals surface area contributed by atoms with E-state index in [-0.39, 0.29) is 37.4 Å². The highest BCUT2D eigenvalue weighted by atomic mass is 32.2. The smallest absolute Gasteiger partial charge is 0.349 e. The number of aryl methyl sites for hydroxylation is 1. The van der Waals surface area contributed by atoms with Crippen molar-refractivity contribution in [2.75, 3.05) is 26.3 Å². The van der Waals surface area contributed by atoms with Crippen LogP contribution < -0.4 is 10.8 Å². The Bertz CT molecular complexity index is 833. The Labute approximate surface area is 152 Å². The maximum atomic E-state index is 12.8. The number of piperidine rings is 1. The van der Waals surface area contributed by atoms with Crippen molar-refractivity contribution in [1.82, 2.24) is 4.90 Å². The van der Waals surface area contributed by atoms with Crippen LogP contribution in [0.5, 0.6) is 0 Å². The van der Waals surface area contributed by atoms with Gasteiger partial charge in [0.15, 0.2) is 0 Å². The third-order valence-electron chi connectivity index (χ3n) is 5.20. The van der Waals surface area contributed by atoms with Crippen molar-refractivity contribution in [3.8, 4) is 0 Å². The van der Waals surface area contributed by atoms with E-state index in [2.05, 4.69) is 0 Å². The first-order valence-corrected chi connectivity index (χ1v) is 10.4. The highest BCUT2D eigenvalue weighted by molar-refractivity contribution is 7.89. The van der Waals surface area contributed by atoms with E-state index in [1.807, 2.05) is 0 Å². The molecule has 2 aliphatic heterocycles. The van der Waals surface area contributed by atoms with Crippen molar-refractivity contribution in [2.24, 2.45) is 5.14 Å². The van der Waals surface area contributed by atoms with Gasteiger partial charge in [-0.2, -0.15) is 0 Å². The Morgan fingerprint density at radius 1 is 1.19 bits per heavy atom. The summed E-state index contributed by atoms with van der Waals surface area (Å²) in [7, 11) is -3.60. The predicted molar refractivity (Wildman–Crippen MR) is 94.5 cm³/mol. The first-order valence-electron chi connectivity index (χ1n) is 8.80. The monoisotopic (exact) mass is 384 g/mol. The summed E-state index contributed by atoms with van der Waals surface area (Å²) in [6.45, 7) is 3.49. The Morgan fingerprint density at radius 3 is 2.35 bits per heavy atom. The van der Waals surface area contributed by atoms with Gasteiger partial charge in [0.1, 0.15) is 11.3 Å². The molecule has 0 aliphatic carbocycles. The Hall–Kier alpha value is -1.71. The van der Waals surface area contributed by atoms with Crippen molar-refractivity contribution in [3.63, 3.8) is 0 Å². The SMILES string of the molecule is Cc1cc(C2CCOCC2)oc(=O)c1C(=O)N1CCC(S(N)(=O)=O)CC1. The molecule has 8 nitrogen and oxygen atoms in total. The van der Waals surface area contributed by atoms with Crippen LogP contribution in [0.1, 0.15) is 53.3 Å². The largest absolute Gasteiger partial charge is 0.427 e. The summed E-state index contributed by atoms with van der Waals surface area (Å²) in [5.41, 5.74) is -0.0266. The number of hydrogen-bond donors (Lipinski definition) is 1. The van der Waals surface area contributed by atoms with Gasteiger partial charge in [-0.25, -0.2) is 18.4 Å². The van der Waals surface area contributed by atoms with Crippen LogP contribution in [0.3, 0.4) is 0 Å². The molecule has 1 aromatic heterocycles. The van der Waals surface area contributed by atoms with Crippen molar-refractivity contribution in [2.45, 2.75) is 43.8 Å². The lowest BCUT2D eigenvalue weighted by molar-refractivity contribution is 0.0713. The van der Waals surface area contributed by atoms with Crippen molar-refractivity contribution in [3.05, 3.63) is 33.4 Å². The van der Waals surface area contributed by atoms with E-state index in [1.165, 1.54) is 4.90 Å². The molecular formula is C17H24N2O6S. The van der Waals surface area contributed by atoms with Gasteiger partial charge in [-0.15, -0.1) is 0 Å². The molecule has 2 saturated heterocycles. The number of ether oxygens (including phenoxy) is 1. The number of rotatable bonds is 3. The fourth-order valence-corrected chi connectivity index (χ4v) is 4.49. The number of nitrogens with zero attached hydrogens (tertiary/aromatic N) is 1. The van der Waals surface area contributed by atoms with Crippen LogP contribution in [-0.4, -0.2) is 50.8 Å². The van der Waals surface area contributed by atoms with E-state index in [4.69, 9.17) is 14.3 Å². The molecule has 0 unspecified atom stereocenters. The second-order valence-electron chi connectivity index (χ2n) is 6.96. The first-order chi connectivity index (χ1) is 12.3. The topological polar surface area (TPSA) is 120 Å². The van der Waals surface area contributed by atoms with E-state index in [1.54, 1.807) is 13.0 Å². The fourth-order valence-electron chi connectivity index (χ4n) is 3.62. The van der Waals surface area contributed by atoms with Gasteiger partial charge >= 0.3 is 5.63 Å². The minimum atomic E-state index is -3.60. The molecule has 0 spiro atoms. The van der Waals surface area contributed by atoms with Gasteiger partial charge in [0.05, 0.1) is 5.25 Å². The number of hydrogen-bond acceptors (Lipinski definition) is 6. The van der Waals surface area contributed by atoms with E-state index in [0.717, 1.165) is 12.8 Å². The number of sulfonamides is 1. The third kappa shape index (κ3) is 3.99. The second-order valence-corrected chi connectivity index (χ2v) is 8.81. The molecule has 0 bridgehead atoms. The first kappa shape index (κ1) is 19.1. The molecular weight excluding hydrogens is 360 g/mol. The zero-order chi connectivity index (χ0) is 18.9. The van der Waals surface area contributed by atoms with Crippen LogP contribution in [-0.2, 0) is 14.8 Å². The highest BCUT2D eigenvalue weighted by Crippen LogP contribution is 2.27. The normalized spacial score (nSPS) is 20.3. The maximum Gasteiger partial charge on any atom is 0.349 e. The zero-order valence-electron chi connectivity index (χ0n) is 14.8. The van der Waals surface area contributed by atoms with Gasteiger partial charge in [-0.05, 0) is 44.2 Å². The van der Waals surface area contributed by atoms with Gasteiger partial charge < -0.3 is 14.1 Å². The minimum Gasteiger partial charge on any atom is -0.427 e. The van der Waals surface area contributed by atoms with Crippen LogP contribution in [0.4, 0.5) is 0 Å². The average Bonchev–Trinajstić information content (AvgIpc) is 2.61. The van der Waals surface area contributed by atoms with Crippen molar-refractivity contribution < 1.29 is 22.4 Å². The molecule has 2 fully saturated rings. The second kappa shape index (κ2) is 7.50. The van der Waals surface area contributed by atoms with Crippen LogP contribution >= 0.6 is 0 Å². The number of carbonyl (C=O) groups is 1. The fraction of sp³-hybridized carbons (Fsp3) is 0.647. The summed E-state index contributed by atoms with van der Waals surface area (Å²) in [5, 5.41) is 4.53. The van der Waals surface area contributed by atoms with Gasteiger partial charge in [0, 0.05) is 32.2 Å². The Morgan fingerprint density at radius 2 is 1.81 bits per heavy atom. The molecule has 0 aromatic carbocycles. The summed E-state index contributed by atoms with van der Waals surface area (Å²) in [6, 6.07) is 1.77. The third-order valence-corrected chi connectivity index (χ3v) is 6.60. The maximum absolute atomic E-state index is 12.8. The Balaban J connectivity index is 1.77. The molecule has 0 saturated carbocycles. The summed E-state index contributed by atoms with van der Waals surface area (Å²) in [6.07, 6.45) is 2.12. The highest BCUT2D eigenvalue weighted by Gasteiger charge is 2.32. The molecule has 3 heterocycles. The number of amides is 1. The summed E-state index contributed by atoms with van der Waals surface area (Å²) < 4.78 is 33.6. The van der Waals surface area contributed by atoms with Crippen LogP contribution in [0.2, 0.25) is 0 Å². The number of carbonyl (C=O) groups excluding carboxylic acids is 1. The average molecular weight is 384 g/mol. The van der Waals surface area contributed by atoms with Gasteiger partial charge in [-0.1, -0.05) is 0 Å². The summed E-state index contributed by atoms with van der Waals surface area (Å²) in [5.74, 6) is 0.313.